The average molecular weight is 236 g/mol. The summed E-state index contributed by atoms with van der Waals surface area (Å²) in [5.74, 6) is 0.176. The smallest absolute Gasteiger partial charge is 0.222 e. The number of nitrogens with one attached hydrogen (secondary N) is 1. The van der Waals surface area contributed by atoms with Crippen LogP contribution < -0.4 is 0 Å². The first-order valence-corrected chi connectivity index (χ1v) is 6.34. The molecule has 1 unspecified atom stereocenters. The molecule has 1 atom stereocenters. The topological polar surface area (TPSA) is 56.3 Å². The molecule has 1 aliphatic heterocycles. The number of aromatic nitrogens is 1. The van der Waals surface area contributed by atoms with Gasteiger partial charge in [-0.3, -0.25) is 4.79 Å². The van der Waals surface area contributed by atoms with E-state index in [1.54, 1.807) is 4.90 Å². The number of H-pyrrole nitrogens is 1. The summed E-state index contributed by atoms with van der Waals surface area (Å²) in [6.45, 7) is 1.32. The van der Waals surface area contributed by atoms with Gasteiger partial charge in [0.05, 0.1) is 6.10 Å². The lowest BCUT2D eigenvalue weighted by molar-refractivity contribution is -0.134. The standard InChI is InChI=1S/C13H20N2O2/c16-12-6-3-9-15(10-12)13(17)7-1-4-11-5-2-8-14-11/h2,5,8,12,14,16H,1,3-4,6-7,9-10H2. The predicted octanol–water partition coefficient (Wildman–Crippen LogP) is 1.32. The Bertz CT molecular complexity index is 348. The van der Waals surface area contributed by atoms with Gasteiger partial charge in [0.1, 0.15) is 0 Å². The molecule has 0 aromatic carbocycles. The van der Waals surface area contributed by atoms with Crippen LogP contribution in [0.1, 0.15) is 31.4 Å². The summed E-state index contributed by atoms with van der Waals surface area (Å²) in [6, 6.07) is 4.01. The normalized spacial score (nSPS) is 20.5. The number of likely N-dealkylation sites (tertiary alicyclic amines) is 1. The number of carbonyl (C=O) groups is 1. The number of aromatic amines is 1. The van der Waals surface area contributed by atoms with E-state index in [0.29, 0.717) is 13.0 Å². The van der Waals surface area contributed by atoms with Crippen LogP contribution in [0, 0.1) is 0 Å². The molecule has 0 aliphatic carbocycles. The number of piperidine rings is 1. The van der Waals surface area contributed by atoms with E-state index in [-0.39, 0.29) is 12.0 Å². The van der Waals surface area contributed by atoms with Crippen molar-refractivity contribution in [3.05, 3.63) is 24.0 Å². The molecule has 0 saturated carbocycles. The molecule has 4 nitrogen and oxygen atoms in total. The zero-order valence-corrected chi connectivity index (χ0v) is 10.1. The molecule has 1 aromatic rings. The maximum atomic E-state index is 11.9. The van der Waals surface area contributed by atoms with Crippen LogP contribution in [0.4, 0.5) is 0 Å². The third kappa shape index (κ3) is 3.60. The van der Waals surface area contributed by atoms with Crippen molar-refractivity contribution < 1.29 is 9.90 Å². The summed E-state index contributed by atoms with van der Waals surface area (Å²) in [4.78, 5) is 16.8. The van der Waals surface area contributed by atoms with Crippen molar-refractivity contribution in [2.24, 2.45) is 0 Å². The van der Waals surface area contributed by atoms with Gasteiger partial charge in [-0.1, -0.05) is 0 Å². The second-order valence-corrected chi connectivity index (χ2v) is 4.68. The number of hydrogen-bond acceptors (Lipinski definition) is 2. The lowest BCUT2D eigenvalue weighted by Gasteiger charge is -2.30. The number of β-amino-alcohol motifs (C(OH)–C–C–N with tert-alkyl or cyclic N) is 1. The molecule has 0 bridgehead atoms. The number of hydrogen-bond donors (Lipinski definition) is 2. The predicted molar refractivity (Wildman–Crippen MR) is 65.6 cm³/mol. The van der Waals surface area contributed by atoms with E-state index in [1.165, 1.54) is 5.69 Å². The number of nitrogens with zero attached hydrogens (tertiary/aromatic N) is 1. The van der Waals surface area contributed by atoms with Crippen molar-refractivity contribution in [2.45, 2.75) is 38.2 Å². The first kappa shape index (κ1) is 12.2. The number of aliphatic hydroxyl groups is 1. The van der Waals surface area contributed by atoms with Gasteiger partial charge in [-0.05, 0) is 37.8 Å². The highest BCUT2D eigenvalue weighted by atomic mass is 16.3. The summed E-state index contributed by atoms with van der Waals surface area (Å²) >= 11 is 0. The second kappa shape index (κ2) is 5.87. The molecule has 1 amide bonds. The van der Waals surface area contributed by atoms with E-state index in [4.69, 9.17) is 0 Å². The van der Waals surface area contributed by atoms with Gasteiger partial charge in [0.2, 0.25) is 5.91 Å². The first-order chi connectivity index (χ1) is 8.25. The Hall–Kier alpha value is -1.29. The molecule has 2 N–H and O–H groups in total. The van der Waals surface area contributed by atoms with E-state index in [1.807, 2.05) is 18.3 Å². The maximum Gasteiger partial charge on any atom is 0.222 e. The van der Waals surface area contributed by atoms with Crippen LogP contribution in [0.25, 0.3) is 0 Å². The third-order valence-corrected chi connectivity index (χ3v) is 3.25. The summed E-state index contributed by atoms with van der Waals surface area (Å²) < 4.78 is 0. The van der Waals surface area contributed by atoms with Crippen molar-refractivity contribution in [1.82, 2.24) is 9.88 Å². The summed E-state index contributed by atoms with van der Waals surface area (Å²) in [5.41, 5.74) is 1.18. The molecule has 2 heterocycles. The van der Waals surface area contributed by atoms with Crippen LogP contribution in [0.5, 0.6) is 0 Å². The highest BCUT2D eigenvalue weighted by Crippen LogP contribution is 2.12. The van der Waals surface area contributed by atoms with Crippen molar-refractivity contribution in [1.29, 1.82) is 0 Å². The van der Waals surface area contributed by atoms with Crippen LogP contribution >= 0.6 is 0 Å². The van der Waals surface area contributed by atoms with Gasteiger partial charge in [0, 0.05) is 31.4 Å². The van der Waals surface area contributed by atoms with Crippen LogP contribution in [0.2, 0.25) is 0 Å². The molecule has 0 spiro atoms. The number of amides is 1. The molecule has 17 heavy (non-hydrogen) atoms. The minimum absolute atomic E-state index is 0.176. The quantitative estimate of drug-likeness (QED) is 0.828. The van der Waals surface area contributed by atoms with Crippen LogP contribution in [0.15, 0.2) is 18.3 Å². The number of carbonyl (C=O) groups excluding carboxylic acids is 1. The van der Waals surface area contributed by atoms with E-state index in [2.05, 4.69) is 4.98 Å². The third-order valence-electron chi connectivity index (χ3n) is 3.25. The van der Waals surface area contributed by atoms with Gasteiger partial charge >= 0.3 is 0 Å². The van der Waals surface area contributed by atoms with Crippen molar-refractivity contribution in [3.8, 4) is 0 Å². The second-order valence-electron chi connectivity index (χ2n) is 4.68. The lowest BCUT2D eigenvalue weighted by Crippen LogP contribution is -2.42. The fraction of sp³-hybridized carbons (Fsp3) is 0.615. The largest absolute Gasteiger partial charge is 0.391 e. The summed E-state index contributed by atoms with van der Waals surface area (Å²) in [7, 11) is 0. The Morgan fingerprint density at radius 2 is 2.47 bits per heavy atom. The molecule has 2 rings (SSSR count). The van der Waals surface area contributed by atoms with Crippen molar-refractivity contribution in [2.75, 3.05) is 13.1 Å². The SMILES string of the molecule is O=C(CCCc1ccc[nH]1)N1CCCC(O)C1. The van der Waals surface area contributed by atoms with E-state index < -0.39 is 0 Å². The molecule has 1 saturated heterocycles. The Labute approximate surface area is 102 Å². The van der Waals surface area contributed by atoms with Crippen LogP contribution in [-0.2, 0) is 11.2 Å². The number of aryl methyl sites for hydroxylation is 1. The Balaban J connectivity index is 1.70. The summed E-state index contributed by atoms with van der Waals surface area (Å²) in [6.07, 6.45) is 5.68. The molecule has 1 fully saturated rings. The molecule has 4 heteroatoms. The van der Waals surface area contributed by atoms with Crippen LogP contribution in [0.3, 0.4) is 0 Å². The molecule has 94 valence electrons. The van der Waals surface area contributed by atoms with Crippen LogP contribution in [-0.4, -0.2) is 40.1 Å². The molecular weight excluding hydrogens is 216 g/mol. The minimum atomic E-state index is -0.323. The van der Waals surface area contributed by atoms with Gasteiger partial charge in [0.15, 0.2) is 0 Å². The first-order valence-electron chi connectivity index (χ1n) is 6.34. The molecular formula is C13H20N2O2. The molecule has 1 aliphatic rings. The van der Waals surface area contributed by atoms with Crippen molar-refractivity contribution >= 4 is 5.91 Å². The van der Waals surface area contributed by atoms with Gasteiger partial charge in [-0.2, -0.15) is 0 Å². The Morgan fingerprint density at radius 1 is 1.59 bits per heavy atom. The maximum absolute atomic E-state index is 11.9. The zero-order valence-electron chi connectivity index (χ0n) is 10.1. The summed E-state index contributed by atoms with van der Waals surface area (Å²) in [5, 5.41) is 9.51. The van der Waals surface area contributed by atoms with Crippen molar-refractivity contribution in [3.63, 3.8) is 0 Å². The highest BCUT2D eigenvalue weighted by molar-refractivity contribution is 5.76. The molecule has 1 aromatic heterocycles. The Kier molecular flexibility index (Phi) is 4.20. The van der Waals surface area contributed by atoms with Gasteiger partial charge < -0.3 is 15.0 Å². The Morgan fingerprint density at radius 3 is 3.18 bits per heavy atom. The van der Waals surface area contributed by atoms with Gasteiger partial charge in [0.25, 0.3) is 0 Å². The number of aliphatic hydroxyl groups excluding tert-OH is 1. The van der Waals surface area contributed by atoms with E-state index >= 15 is 0 Å². The fourth-order valence-electron chi connectivity index (χ4n) is 2.29. The zero-order chi connectivity index (χ0) is 12.1. The van der Waals surface area contributed by atoms with Gasteiger partial charge in [-0.15, -0.1) is 0 Å². The highest BCUT2D eigenvalue weighted by Gasteiger charge is 2.21. The van der Waals surface area contributed by atoms with Gasteiger partial charge in [-0.25, -0.2) is 0 Å². The van der Waals surface area contributed by atoms with E-state index in [9.17, 15) is 9.90 Å². The number of rotatable bonds is 4. The average Bonchev–Trinajstić information content (AvgIpc) is 2.82. The van der Waals surface area contributed by atoms with E-state index in [0.717, 1.165) is 32.2 Å². The monoisotopic (exact) mass is 236 g/mol. The molecule has 0 radical (unpaired) electrons. The fourth-order valence-corrected chi connectivity index (χ4v) is 2.29. The minimum Gasteiger partial charge on any atom is -0.391 e. The lowest BCUT2D eigenvalue weighted by atomic mass is 10.1.